The van der Waals surface area contributed by atoms with Crippen LogP contribution in [-0.2, 0) is 10.0 Å². The Morgan fingerprint density at radius 2 is 1.95 bits per heavy atom. The van der Waals surface area contributed by atoms with E-state index in [0.717, 1.165) is 19.3 Å². The molecule has 2 aliphatic carbocycles. The van der Waals surface area contributed by atoms with Crippen molar-refractivity contribution in [3.63, 3.8) is 0 Å². The first-order valence-corrected chi connectivity index (χ1v) is 8.21. The maximum Gasteiger partial charge on any atom is 0.289 e. The van der Waals surface area contributed by atoms with Crippen LogP contribution in [0.15, 0.2) is 29.2 Å². The molecule has 0 aromatic heterocycles. The van der Waals surface area contributed by atoms with E-state index in [1.807, 2.05) is 0 Å². The molecular formula is C13H16N2O4S. The van der Waals surface area contributed by atoms with Crippen molar-refractivity contribution in [2.75, 3.05) is 0 Å². The van der Waals surface area contributed by atoms with Gasteiger partial charge in [-0.25, -0.2) is 13.1 Å². The lowest BCUT2D eigenvalue weighted by Gasteiger charge is -2.22. The van der Waals surface area contributed by atoms with Crippen molar-refractivity contribution in [3.8, 4) is 0 Å². The van der Waals surface area contributed by atoms with Crippen molar-refractivity contribution in [2.24, 2.45) is 11.8 Å². The summed E-state index contributed by atoms with van der Waals surface area (Å²) in [5, 5.41) is 10.9. The zero-order valence-electron chi connectivity index (χ0n) is 10.9. The predicted molar refractivity (Wildman–Crippen MR) is 72.7 cm³/mol. The van der Waals surface area contributed by atoms with Crippen molar-refractivity contribution in [1.29, 1.82) is 0 Å². The molecule has 3 rings (SSSR count). The third kappa shape index (κ3) is 2.31. The van der Waals surface area contributed by atoms with Crippen LogP contribution in [0, 0.1) is 22.0 Å². The maximum atomic E-state index is 12.4. The number of fused-ring (bicyclic) bond motifs is 2. The average molecular weight is 296 g/mol. The van der Waals surface area contributed by atoms with Gasteiger partial charge in [-0.3, -0.25) is 10.1 Å². The van der Waals surface area contributed by atoms with E-state index < -0.39 is 14.9 Å². The summed E-state index contributed by atoms with van der Waals surface area (Å²) in [4.78, 5) is 10.0. The Morgan fingerprint density at radius 3 is 2.55 bits per heavy atom. The molecule has 0 aliphatic heterocycles. The van der Waals surface area contributed by atoms with Gasteiger partial charge in [-0.2, -0.15) is 0 Å². The van der Waals surface area contributed by atoms with E-state index >= 15 is 0 Å². The van der Waals surface area contributed by atoms with Gasteiger partial charge in [0, 0.05) is 12.1 Å². The molecule has 0 radical (unpaired) electrons. The molecule has 3 atom stereocenters. The Kier molecular flexibility index (Phi) is 3.25. The molecule has 0 heterocycles. The second-order valence-electron chi connectivity index (χ2n) is 5.63. The molecule has 2 fully saturated rings. The molecule has 1 aromatic rings. The number of benzene rings is 1. The van der Waals surface area contributed by atoms with E-state index in [0.29, 0.717) is 11.8 Å². The normalized spacial score (nSPS) is 28.7. The summed E-state index contributed by atoms with van der Waals surface area (Å²) in [7, 11) is -3.83. The number of nitro groups is 1. The first-order chi connectivity index (χ1) is 9.47. The van der Waals surface area contributed by atoms with Crippen LogP contribution >= 0.6 is 0 Å². The van der Waals surface area contributed by atoms with Crippen LogP contribution in [-0.4, -0.2) is 19.4 Å². The fourth-order valence-corrected chi connectivity index (χ4v) is 4.98. The number of nitrogens with one attached hydrogen (secondary N) is 1. The molecule has 0 saturated heterocycles. The average Bonchev–Trinajstić information content (AvgIpc) is 3.00. The quantitative estimate of drug-likeness (QED) is 0.680. The SMILES string of the molecule is O=[N+]([O-])c1ccccc1S(=O)(=O)N[C@H]1C[C@H]2CC[C@H]1C2. The number of hydrogen-bond acceptors (Lipinski definition) is 4. The van der Waals surface area contributed by atoms with Gasteiger partial charge in [0.25, 0.3) is 5.69 Å². The lowest BCUT2D eigenvalue weighted by atomic mass is 9.96. The summed E-state index contributed by atoms with van der Waals surface area (Å²) in [6, 6.07) is 5.40. The zero-order chi connectivity index (χ0) is 14.3. The van der Waals surface area contributed by atoms with Crippen molar-refractivity contribution in [1.82, 2.24) is 4.72 Å². The molecule has 0 amide bonds. The number of hydrogen-bond donors (Lipinski definition) is 1. The highest BCUT2D eigenvalue weighted by atomic mass is 32.2. The standard InChI is InChI=1S/C13H16N2O4S/c16-15(17)12-3-1-2-4-13(12)20(18,19)14-11-8-9-5-6-10(11)7-9/h1-4,9-11,14H,5-8H2/t9-,10-,11-/m0/s1. The largest absolute Gasteiger partial charge is 0.289 e. The van der Waals surface area contributed by atoms with Gasteiger partial charge in [-0.15, -0.1) is 0 Å². The molecule has 7 heteroatoms. The Bertz CT molecular complexity index is 644. The van der Waals surface area contributed by atoms with E-state index in [-0.39, 0.29) is 16.6 Å². The Hall–Kier alpha value is -1.47. The predicted octanol–water partition coefficient (Wildman–Crippen LogP) is 2.06. The minimum Gasteiger partial charge on any atom is -0.258 e. The Balaban J connectivity index is 1.87. The van der Waals surface area contributed by atoms with Crippen LogP contribution in [0.2, 0.25) is 0 Å². The zero-order valence-corrected chi connectivity index (χ0v) is 11.7. The number of para-hydroxylation sites is 1. The van der Waals surface area contributed by atoms with Crippen LogP contribution in [0.1, 0.15) is 25.7 Å². The van der Waals surface area contributed by atoms with Gasteiger partial charge in [0.15, 0.2) is 4.90 Å². The lowest BCUT2D eigenvalue weighted by molar-refractivity contribution is -0.387. The monoisotopic (exact) mass is 296 g/mol. The van der Waals surface area contributed by atoms with E-state index in [2.05, 4.69) is 4.72 Å². The van der Waals surface area contributed by atoms with Crippen molar-refractivity contribution in [3.05, 3.63) is 34.4 Å². The molecular weight excluding hydrogens is 280 g/mol. The molecule has 1 aromatic carbocycles. The van der Waals surface area contributed by atoms with E-state index in [1.165, 1.54) is 30.7 Å². The summed E-state index contributed by atoms with van der Waals surface area (Å²) in [6.07, 6.45) is 4.15. The summed E-state index contributed by atoms with van der Waals surface area (Å²) < 4.78 is 27.4. The molecule has 6 nitrogen and oxygen atoms in total. The molecule has 2 saturated carbocycles. The maximum absolute atomic E-state index is 12.4. The fourth-order valence-electron chi connectivity index (χ4n) is 3.49. The Labute approximate surface area is 117 Å². The van der Waals surface area contributed by atoms with Gasteiger partial charge >= 0.3 is 0 Å². The highest BCUT2D eigenvalue weighted by Gasteiger charge is 2.42. The first-order valence-electron chi connectivity index (χ1n) is 6.73. The number of nitro benzene ring substituents is 1. The van der Waals surface area contributed by atoms with Crippen molar-refractivity contribution < 1.29 is 13.3 Å². The minimum absolute atomic E-state index is 0.0708. The van der Waals surface area contributed by atoms with Gasteiger partial charge in [-0.05, 0) is 37.2 Å². The minimum atomic E-state index is -3.83. The van der Waals surface area contributed by atoms with Gasteiger partial charge in [0.05, 0.1) is 4.92 Å². The van der Waals surface area contributed by atoms with Crippen LogP contribution in [0.5, 0.6) is 0 Å². The summed E-state index contributed by atoms with van der Waals surface area (Å²) in [6.45, 7) is 0. The highest BCUT2D eigenvalue weighted by molar-refractivity contribution is 7.89. The summed E-state index contributed by atoms with van der Waals surface area (Å²) in [5.41, 5.74) is -0.372. The van der Waals surface area contributed by atoms with Crippen LogP contribution in [0.4, 0.5) is 5.69 Å². The summed E-state index contributed by atoms with van der Waals surface area (Å²) in [5.74, 6) is 0.996. The summed E-state index contributed by atoms with van der Waals surface area (Å²) >= 11 is 0. The van der Waals surface area contributed by atoms with Crippen LogP contribution < -0.4 is 4.72 Å². The molecule has 0 spiro atoms. The lowest BCUT2D eigenvalue weighted by Crippen LogP contribution is -2.38. The topological polar surface area (TPSA) is 89.3 Å². The molecule has 0 unspecified atom stereocenters. The van der Waals surface area contributed by atoms with Gasteiger partial charge < -0.3 is 0 Å². The molecule has 2 bridgehead atoms. The van der Waals surface area contributed by atoms with E-state index in [9.17, 15) is 18.5 Å². The van der Waals surface area contributed by atoms with E-state index in [4.69, 9.17) is 0 Å². The second kappa shape index (κ2) is 4.82. The second-order valence-corrected chi connectivity index (χ2v) is 7.31. The van der Waals surface area contributed by atoms with Crippen molar-refractivity contribution in [2.45, 2.75) is 36.6 Å². The molecule has 1 N–H and O–H groups in total. The number of rotatable bonds is 4. The Morgan fingerprint density at radius 1 is 1.20 bits per heavy atom. The number of nitrogens with zero attached hydrogens (tertiary/aromatic N) is 1. The fraction of sp³-hybridized carbons (Fsp3) is 0.538. The smallest absolute Gasteiger partial charge is 0.258 e. The van der Waals surface area contributed by atoms with Gasteiger partial charge in [-0.1, -0.05) is 18.6 Å². The highest BCUT2D eigenvalue weighted by Crippen LogP contribution is 2.45. The van der Waals surface area contributed by atoms with Crippen LogP contribution in [0.25, 0.3) is 0 Å². The van der Waals surface area contributed by atoms with E-state index in [1.54, 1.807) is 0 Å². The van der Waals surface area contributed by atoms with Gasteiger partial charge in [0.2, 0.25) is 10.0 Å². The van der Waals surface area contributed by atoms with Crippen molar-refractivity contribution >= 4 is 15.7 Å². The van der Waals surface area contributed by atoms with Gasteiger partial charge in [0.1, 0.15) is 0 Å². The molecule has 2 aliphatic rings. The third-order valence-electron chi connectivity index (χ3n) is 4.40. The molecule has 20 heavy (non-hydrogen) atoms. The molecule has 108 valence electrons. The first kappa shape index (κ1) is 13.5. The van der Waals surface area contributed by atoms with Crippen LogP contribution in [0.3, 0.4) is 0 Å². The number of sulfonamides is 1. The third-order valence-corrected chi connectivity index (χ3v) is 5.93.